The highest BCUT2D eigenvalue weighted by Gasteiger charge is 2.01. The Bertz CT molecular complexity index is 424. The highest BCUT2D eigenvalue weighted by Crippen LogP contribution is 2.13. The lowest BCUT2D eigenvalue weighted by atomic mass is 10.1. The molecule has 1 aromatic rings. The molecule has 0 bridgehead atoms. The second-order valence-corrected chi connectivity index (χ2v) is 5.85. The van der Waals surface area contributed by atoms with Crippen molar-refractivity contribution in [1.29, 1.82) is 0 Å². The van der Waals surface area contributed by atoms with Crippen molar-refractivity contribution < 1.29 is 4.74 Å². The van der Waals surface area contributed by atoms with Crippen molar-refractivity contribution in [3.8, 4) is 5.75 Å². The van der Waals surface area contributed by atoms with E-state index in [1.54, 1.807) is 7.05 Å². The molecule has 1 rings (SSSR count). The Morgan fingerprint density at radius 3 is 2.29 bits per heavy atom. The second-order valence-electron chi connectivity index (χ2n) is 5.85. The molecule has 2 N–H and O–H groups in total. The molecule has 0 aliphatic rings. The fraction of sp³-hybridized carbons (Fsp3) is 0.588. The van der Waals surface area contributed by atoms with E-state index in [2.05, 4.69) is 41.6 Å². The summed E-state index contributed by atoms with van der Waals surface area (Å²) in [4.78, 5) is 4.23. The molecule has 0 heterocycles. The topological polar surface area (TPSA) is 45.7 Å². The first kappa shape index (κ1) is 17.3. The van der Waals surface area contributed by atoms with Crippen LogP contribution in [0.5, 0.6) is 5.75 Å². The Morgan fingerprint density at radius 1 is 1.10 bits per heavy atom. The van der Waals surface area contributed by atoms with Crippen LogP contribution in [0.2, 0.25) is 0 Å². The summed E-state index contributed by atoms with van der Waals surface area (Å²) in [6, 6.07) is 8.16. The lowest BCUT2D eigenvalue weighted by Crippen LogP contribution is -2.37. The lowest BCUT2D eigenvalue weighted by Gasteiger charge is -2.13. The van der Waals surface area contributed by atoms with E-state index in [0.717, 1.165) is 31.2 Å². The van der Waals surface area contributed by atoms with Crippen LogP contribution in [-0.4, -0.2) is 25.7 Å². The Hall–Kier alpha value is -1.71. The van der Waals surface area contributed by atoms with Gasteiger partial charge in [-0.1, -0.05) is 26.0 Å². The fourth-order valence-electron chi connectivity index (χ4n) is 1.84. The molecule has 21 heavy (non-hydrogen) atoms. The zero-order valence-electron chi connectivity index (χ0n) is 13.9. The smallest absolute Gasteiger partial charge is 0.191 e. The molecular weight excluding hydrogens is 262 g/mol. The zero-order chi connectivity index (χ0) is 15.7. The molecule has 118 valence electrons. The Balaban J connectivity index is 2.39. The second kappa shape index (κ2) is 9.27. The van der Waals surface area contributed by atoms with Gasteiger partial charge in [-0.3, -0.25) is 4.99 Å². The molecule has 0 atom stereocenters. The Morgan fingerprint density at radius 2 is 1.76 bits per heavy atom. The maximum absolute atomic E-state index is 5.63. The van der Waals surface area contributed by atoms with E-state index in [4.69, 9.17) is 4.74 Å². The van der Waals surface area contributed by atoms with E-state index in [1.807, 2.05) is 26.0 Å². The molecular formula is C17H29N3O. The molecule has 0 aliphatic carbocycles. The number of nitrogens with one attached hydrogen (secondary N) is 2. The SMILES string of the molecule is CN=C(NCCC(C)C)NCc1ccc(OC(C)C)cc1. The molecule has 0 radical (unpaired) electrons. The van der Waals surface area contributed by atoms with Gasteiger partial charge in [0.25, 0.3) is 0 Å². The summed E-state index contributed by atoms with van der Waals surface area (Å²) < 4.78 is 5.63. The Labute approximate surface area is 129 Å². The van der Waals surface area contributed by atoms with Crippen molar-refractivity contribution in [2.45, 2.75) is 46.8 Å². The quantitative estimate of drug-likeness (QED) is 0.599. The number of benzene rings is 1. The van der Waals surface area contributed by atoms with Gasteiger partial charge < -0.3 is 15.4 Å². The summed E-state index contributed by atoms with van der Waals surface area (Å²) in [5, 5.41) is 6.64. The van der Waals surface area contributed by atoms with Crippen molar-refractivity contribution >= 4 is 5.96 Å². The van der Waals surface area contributed by atoms with E-state index in [-0.39, 0.29) is 6.10 Å². The van der Waals surface area contributed by atoms with Crippen LogP contribution >= 0.6 is 0 Å². The van der Waals surface area contributed by atoms with E-state index in [0.29, 0.717) is 5.92 Å². The number of aliphatic imine (C=N–C) groups is 1. The molecule has 4 nitrogen and oxygen atoms in total. The first-order valence-electron chi connectivity index (χ1n) is 7.71. The number of hydrogen-bond donors (Lipinski definition) is 2. The third kappa shape index (κ3) is 7.59. The molecule has 0 aromatic heterocycles. The normalized spacial score (nSPS) is 11.9. The van der Waals surface area contributed by atoms with Crippen LogP contribution in [0.1, 0.15) is 39.7 Å². The molecule has 0 unspecified atom stereocenters. The van der Waals surface area contributed by atoms with Crippen molar-refractivity contribution in [2.75, 3.05) is 13.6 Å². The monoisotopic (exact) mass is 291 g/mol. The van der Waals surface area contributed by atoms with Gasteiger partial charge in [0.2, 0.25) is 0 Å². The predicted molar refractivity (Wildman–Crippen MR) is 89.9 cm³/mol. The number of ether oxygens (including phenoxy) is 1. The van der Waals surface area contributed by atoms with E-state index < -0.39 is 0 Å². The first-order chi connectivity index (χ1) is 10.0. The highest BCUT2D eigenvalue weighted by atomic mass is 16.5. The van der Waals surface area contributed by atoms with Gasteiger partial charge in [-0.25, -0.2) is 0 Å². The van der Waals surface area contributed by atoms with E-state index in [9.17, 15) is 0 Å². The Kier molecular flexibility index (Phi) is 7.65. The molecule has 0 spiro atoms. The highest BCUT2D eigenvalue weighted by molar-refractivity contribution is 5.79. The summed E-state index contributed by atoms with van der Waals surface area (Å²) >= 11 is 0. The van der Waals surface area contributed by atoms with Gasteiger partial charge in [-0.2, -0.15) is 0 Å². The van der Waals surface area contributed by atoms with Gasteiger partial charge in [0.1, 0.15) is 5.75 Å². The van der Waals surface area contributed by atoms with Crippen molar-refractivity contribution in [3.05, 3.63) is 29.8 Å². The molecule has 4 heteroatoms. The molecule has 0 fully saturated rings. The largest absolute Gasteiger partial charge is 0.491 e. The van der Waals surface area contributed by atoms with Crippen LogP contribution in [0.3, 0.4) is 0 Å². The minimum atomic E-state index is 0.206. The van der Waals surface area contributed by atoms with Gasteiger partial charge in [0.05, 0.1) is 6.10 Å². The molecule has 0 aliphatic heterocycles. The van der Waals surface area contributed by atoms with Crippen LogP contribution in [0, 0.1) is 5.92 Å². The molecule has 0 saturated carbocycles. The zero-order valence-corrected chi connectivity index (χ0v) is 13.9. The van der Waals surface area contributed by atoms with Gasteiger partial charge >= 0.3 is 0 Å². The maximum Gasteiger partial charge on any atom is 0.191 e. The van der Waals surface area contributed by atoms with Crippen LogP contribution < -0.4 is 15.4 Å². The van der Waals surface area contributed by atoms with Crippen LogP contribution in [0.15, 0.2) is 29.3 Å². The van der Waals surface area contributed by atoms with Gasteiger partial charge in [0.15, 0.2) is 5.96 Å². The summed E-state index contributed by atoms with van der Waals surface area (Å²) in [6.45, 7) is 10.2. The van der Waals surface area contributed by atoms with E-state index >= 15 is 0 Å². The van der Waals surface area contributed by atoms with Gasteiger partial charge in [-0.15, -0.1) is 0 Å². The third-order valence-electron chi connectivity index (χ3n) is 2.99. The molecule has 1 aromatic carbocycles. The maximum atomic E-state index is 5.63. The lowest BCUT2D eigenvalue weighted by molar-refractivity contribution is 0.242. The average molecular weight is 291 g/mol. The summed E-state index contributed by atoms with van der Waals surface area (Å²) in [5.41, 5.74) is 1.21. The van der Waals surface area contributed by atoms with Gasteiger partial charge in [-0.05, 0) is 43.9 Å². The standard InChI is InChI=1S/C17H29N3O/c1-13(2)10-11-19-17(18-5)20-12-15-6-8-16(9-7-15)21-14(3)4/h6-9,13-14H,10-12H2,1-5H3,(H2,18,19,20). The van der Waals surface area contributed by atoms with E-state index in [1.165, 1.54) is 5.56 Å². The van der Waals surface area contributed by atoms with Gasteiger partial charge in [0, 0.05) is 20.1 Å². The van der Waals surface area contributed by atoms with Crippen molar-refractivity contribution in [2.24, 2.45) is 10.9 Å². The number of nitrogens with zero attached hydrogens (tertiary/aromatic N) is 1. The summed E-state index contributed by atoms with van der Waals surface area (Å²) in [5.74, 6) is 2.45. The van der Waals surface area contributed by atoms with Crippen LogP contribution in [0.25, 0.3) is 0 Å². The van der Waals surface area contributed by atoms with Crippen LogP contribution in [-0.2, 0) is 6.54 Å². The van der Waals surface area contributed by atoms with Crippen molar-refractivity contribution in [1.82, 2.24) is 10.6 Å². The molecule has 0 saturated heterocycles. The third-order valence-corrected chi connectivity index (χ3v) is 2.99. The number of guanidine groups is 1. The minimum absolute atomic E-state index is 0.206. The summed E-state index contributed by atoms with van der Waals surface area (Å²) in [7, 11) is 1.80. The summed E-state index contributed by atoms with van der Waals surface area (Å²) in [6.07, 6.45) is 1.35. The number of rotatable bonds is 7. The van der Waals surface area contributed by atoms with Crippen molar-refractivity contribution in [3.63, 3.8) is 0 Å². The fourth-order valence-corrected chi connectivity index (χ4v) is 1.84. The predicted octanol–water partition coefficient (Wildman–Crippen LogP) is 3.18. The number of hydrogen-bond acceptors (Lipinski definition) is 2. The first-order valence-corrected chi connectivity index (χ1v) is 7.71. The molecule has 0 amide bonds. The van der Waals surface area contributed by atoms with Crippen LogP contribution in [0.4, 0.5) is 0 Å². The minimum Gasteiger partial charge on any atom is -0.491 e. The average Bonchev–Trinajstić information content (AvgIpc) is 2.43.